The van der Waals surface area contributed by atoms with Crippen molar-refractivity contribution in [1.82, 2.24) is 14.8 Å². The van der Waals surface area contributed by atoms with Gasteiger partial charge in [0, 0.05) is 18.4 Å². The molecule has 0 aromatic carbocycles. The smallest absolute Gasteiger partial charge is 0.153 e. The molecule has 0 fully saturated rings. The molecule has 15 heavy (non-hydrogen) atoms. The van der Waals surface area contributed by atoms with Gasteiger partial charge in [0.25, 0.3) is 0 Å². The third-order valence-corrected chi connectivity index (χ3v) is 2.19. The Kier molecular flexibility index (Phi) is 2.51. The quantitative estimate of drug-likeness (QED) is 0.799. The normalized spacial score (nSPS) is 10.6. The summed E-state index contributed by atoms with van der Waals surface area (Å²) in [6, 6.07) is 5.89. The Labute approximate surface area is 88.8 Å². The molecule has 2 N–H and O–H groups in total. The van der Waals surface area contributed by atoms with Gasteiger partial charge in [0.2, 0.25) is 0 Å². The molecule has 0 spiro atoms. The first-order valence-corrected chi connectivity index (χ1v) is 4.89. The summed E-state index contributed by atoms with van der Waals surface area (Å²) in [5.74, 6) is 0.823. The van der Waals surface area contributed by atoms with Crippen molar-refractivity contribution >= 4 is 0 Å². The Hall–Kier alpha value is -1.68. The van der Waals surface area contributed by atoms with Crippen LogP contribution in [0.25, 0.3) is 5.82 Å². The first-order chi connectivity index (χ1) is 7.19. The van der Waals surface area contributed by atoms with Gasteiger partial charge in [-0.15, -0.1) is 0 Å². The van der Waals surface area contributed by atoms with Crippen LogP contribution in [0.4, 0.5) is 0 Å². The zero-order chi connectivity index (χ0) is 10.8. The molecule has 2 aromatic heterocycles. The summed E-state index contributed by atoms with van der Waals surface area (Å²) in [4.78, 5) is 4.41. The van der Waals surface area contributed by atoms with Crippen LogP contribution in [0.2, 0.25) is 0 Å². The van der Waals surface area contributed by atoms with Gasteiger partial charge in [0.15, 0.2) is 5.82 Å². The molecule has 4 nitrogen and oxygen atoms in total. The van der Waals surface area contributed by atoms with Gasteiger partial charge in [-0.05, 0) is 37.6 Å². The van der Waals surface area contributed by atoms with Gasteiger partial charge < -0.3 is 5.73 Å². The van der Waals surface area contributed by atoms with Gasteiger partial charge in [-0.3, -0.25) is 0 Å². The number of rotatable bonds is 2. The van der Waals surface area contributed by atoms with Crippen LogP contribution in [-0.4, -0.2) is 14.8 Å². The van der Waals surface area contributed by atoms with Crippen LogP contribution >= 0.6 is 0 Å². The minimum Gasteiger partial charge on any atom is -0.326 e. The fourth-order valence-corrected chi connectivity index (χ4v) is 1.50. The predicted octanol–water partition coefficient (Wildman–Crippen LogP) is 1.34. The molecule has 0 amide bonds. The molecule has 0 unspecified atom stereocenters. The molecular weight excluding hydrogens is 188 g/mol. The second kappa shape index (κ2) is 3.82. The molecule has 0 aliphatic carbocycles. The van der Waals surface area contributed by atoms with Gasteiger partial charge in [0.05, 0.1) is 5.69 Å². The Morgan fingerprint density at radius 3 is 2.67 bits per heavy atom. The maximum absolute atomic E-state index is 5.61. The first kappa shape index (κ1) is 9.86. The minimum atomic E-state index is 0.524. The molecule has 2 rings (SSSR count). The Balaban J connectivity index is 2.48. The summed E-state index contributed by atoms with van der Waals surface area (Å²) in [7, 11) is 0. The minimum absolute atomic E-state index is 0.524. The summed E-state index contributed by atoms with van der Waals surface area (Å²) in [5.41, 5.74) is 8.63. The summed E-state index contributed by atoms with van der Waals surface area (Å²) < 4.78 is 1.77. The number of aryl methyl sites for hydroxylation is 2. The molecule has 0 radical (unpaired) electrons. The van der Waals surface area contributed by atoms with Gasteiger partial charge in [-0.2, -0.15) is 5.10 Å². The number of pyridine rings is 1. The van der Waals surface area contributed by atoms with Crippen LogP contribution in [0.3, 0.4) is 0 Å². The molecule has 2 aromatic rings. The molecule has 0 saturated carbocycles. The average Bonchev–Trinajstić information content (AvgIpc) is 2.64. The van der Waals surface area contributed by atoms with Crippen molar-refractivity contribution in [3.63, 3.8) is 0 Å². The van der Waals surface area contributed by atoms with Crippen molar-refractivity contribution in [3.8, 4) is 5.82 Å². The van der Waals surface area contributed by atoms with Crippen LogP contribution in [-0.2, 0) is 6.54 Å². The van der Waals surface area contributed by atoms with Crippen molar-refractivity contribution in [3.05, 3.63) is 41.3 Å². The first-order valence-electron chi connectivity index (χ1n) is 4.89. The van der Waals surface area contributed by atoms with Gasteiger partial charge in [0.1, 0.15) is 0 Å². The fraction of sp³-hybridized carbons (Fsp3) is 0.273. The monoisotopic (exact) mass is 202 g/mol. The largest absolute Gasteiger partial charge is 0.326 e. The molecule has 0 aliphatic heterocycles. The lowest BCUT2D eigenvalue weighted by atomic mass is 10.2. The molecule has 4 heteroatoms. The topological polar surface area (TPSA) is 56.7 Å². The molecule has 0 aliphatic rings. The zero-order valence-corrected chi connectivity index (χ0v) is 8.94. The van der Waals surface area contributed by atoms with E-state index in [4.69, 9.17) is 5.73 Å². The lowest BCUT2D eigenvalue weighted by Crippen LogP contribution is -2.04. The van der Waals surface area contributed by atoms with Crippen molar-refractivity contribution in [2.24, 2.45) is 5.73 Å². The van der Waals surface area contributed by atoms with E-state index in [0.29, 0.717) is 6.54 Å². The van der Waals surface area contributed by atoms with Crippen LogP contribution in [0.1, 0.15) is 17.0 Å². The molecule has 0 bridgehead atoms. The average molecular weight is 202 g/mol. The van der Waals surface area contributed by atoms with Crippen LogP contribution < -0.4 is 5.73 Å². The van der Waals surface area contributed by atoms with E-state index in [0.717, 1.165) is 22.8 Å². The zero-order valence-electron chi connectivity index (χ0n) is 8.94. The number of hydrogen-bond acceptors (Lipinski definition) is 3. The van der Waals surface area contributed by atoms with Crippen molar-refractivity contribution < 1.29 is 0 Å². The molecule has 78 valence electrons. The van der Waals surface area contributed by atoms with E-state index >= 15 is 0 Å². The third-order valence-electron chi connectivity index (χ3n) is 2.19. The van der Waals surface area contributed by atoms with E-state index in [9.17, 15) is 0 Å². The fourth-order valence-electron chi connectivity index (χ4n) is 1.50. The maximum atomic E-state index is 5.61. The standard InChI is InChI=1S/C11H14N4/c1-8-3-4-15(14-8)11-6-10(7-12)5-9(2)13-11/h3-6H,7,12H2,1-2H3. The summed E-state index contributed by atoms with van der Waals surface area (Å²) in [6.45, 7) is 4.44. The second-order valence-corrected chi connectivity index (χ2v) is 3.58. The third kappa shape index (κ3) is 2.05. The van der Waals surface area contributed by atoms with Crippen molar-refractivity contribution in [2.45, 2.75) is 20.4 Å². The number of hydrogen-bond donors (Lipinski definition) is 1. The number of nitrogens with two attached hydrogens (primary N) is 1. The summed E-state index contributed by atoms with van der Waals surface area (Å²) in [6.07, 6.45) is 1.90. The highest BCUT2D eigenvalue weighted by molar-refractivity contribution is 5.30. The van der Waals surface area contributed by atoms with E-state index in [1.54, 1.807) is 4.68 Å². The van der Waals surface area contributed by atoms with E-state index in [1.807, 2.05) is 38.2 Å². The van der Waals surface area contributed by atoms with Crippen LogP contribution in [0.5, 0.6) is 0 Å². The lowest BCUT2D eigenvalue weighted by molar-refractivity contribution is 0.822. The van der Waals surface area contributed by atoms with Crippen molar-refractivity contribution in [2.75, 3.05) is 0 Å². The van der Waals surface area contributed by atoms with E-state index in [2.05, 4.69) is 10.1 Å². The highest BCUT2D eigenvalue weighted by Gasteiger charge is 2.02. The molecular formula is C11H14N4. The SMILES string of the molecule is Cc1cc(CN)cc(-n2ccc(C)n2)n1. The van der Waals surface area contributed by atoms with Gasteiger partial charge in [-0.25, -0.2) is 9.67 Å². The highest BCUT2D eigenvalue weighted by Crippen LogP contribution is 2.09. The van der Waals surface area contributed by atoms with Gasteiger partial charge >= 0.3 is 0 Å². The van der Waals surface area contributed by atoms with Gasteiger partial charge in [-0.1, -0.05) is 0 Å². The molecule has 2 heterocycles. The van der Waals surface area contributed by atoms with Crippen LogP contribution in [0.15, 0.2) is 24.4 Å². The summed E-state index contributed by atoms with van der Waals surface area (Å²) >= 11 is 0. The molecule has 0 saturated heterocycles. The maximum Gasteiger partial charge on any atom is 0.153 e. The lowest BCUT2D eigenvalue weighted by Gasteiger charge is -2.04. The molecule has 0 atom stereocenters. The van der Waals surface area contributed by atoms with E-state index in [1.165, 1.54) is 0 Å². The van der Waals surface area contributed by atoms with E-state index < -0.39 is 0 Å². The Bertz CT molecular complexity index is 473. The number of nitrogens with zero attached hydrogens (tertiary/aromatic N) is 3. The Morgan fingerprint density at radius 2 is 2.07 bits per heavy atom. The van der Waals surface area contributed by atoms with Crippen molar-refractivity contribution in [1.29, 1.82) is 0 Å². The second-order valence-electron chi connectivity index (χ2n) is 3.58. The van der Waals surface area contributed by atoms with E-state index in [-0.39, 0.29) is 0 Å². The van der Waals surface area contributed by atoms with Crippen LogP contribution in [0, 0.1) is 13.8 Å². The summed E-state index contributed by atoms with van der Waals surface area (Å²) in [5, 5.41) is 4.31. The Morgan fingerprint density at radius 1 is 1.27 bits per heavy atom. The number of aromatic nitrogens is 3. The highest BCUT2D eigenvalue weighted by atomic mass is 15.3. The predicted molar refractivity (Wildman–Crippen MR) is 58.7 cm³/mol.